The van der Waals surface area contributed by atoms with Gasteiger partial charge in [0.2, 0.25) is 5.91 Å². The van der Waals surface area contributed by atoms with E-state index in [2.05, 4.69) is 20.1 Å². The Bertz CT molecular complexity index is 999. The second-order valence-corrected chi connectivity index (χ2v) is 8.96. The van der Waals surface area contributed by atoms with Gasteiger partial charge in [0, 0.05) is 12.1 Å². The summed E-state index contributed by atoms with van der Waals surface area (Å²) in [6, 6.07) is 9.78. The first-order valence-corrected chi connectivity index (χ1v) is 11.0. The van der Waals surface area contributed by atoms with Crippen LogP contribution in [0.2, 0.25) is 0 Å². The number of rotatable bonds is 8. The third-order valence-corrected chi connectivity index (χ3v) is 6.56. The van der Waals surface area contributed by atoms with Crippen molar-refractivity contribution in [3.63, 3.8) is 0 Å². The van der Waals surface area contributed by atoms with Crippen LogP contribution in [-0.2, 0) is 4.79 Å². The zero-order chi connectivity index (χ0) is 20.4. The second kappa shape index (κ2) is 8.46. The maximum absolute atomic E-state index is 12.8. The Labute approximate surface area is 177 Å². The Kier molecular flexibility index (Phi) is 5.77. The van der Waals surface area contributed by atoms with Gasteiger partial charge in [-0.25, -0.2) is 0 Å². The molecule has 0 saturated heterocycles. The standard InChI is InChI=1S/C20H22N4O3S2/c1-12(19(25)21-15-11-14(26-2)8-9-16(15)27-3)29-20-23-22-18(17-5-4-10-28-17)24(20)13-6-7-13/h4-5,8-13H,6-7H2,1-3H3,(H,21,25). The minimum Gasteiger partial charge on any atom is -0.497 e. The number of nitrogens with zero attached hydrogens (tertiary/aromatic N) is 3. The summed E-state index contributed by atoms with van der Waals surface area (Å²) in [5, 5.41) is 14.2. The van der Waals surface area contributed by atoms with Crippen molar-refractivity contribution in [1.82, 2.24) is 14.8 Å². The molecule has 0 spiro atoms. The van der Waals surface area contributed by atoms with E-state index in [9.17, 15) is 4.79 Å². The fourth-order valence-corrected chi connectivity index (χ4v) is 4.58. The molecule has 3 aromatic rings. The highest BCUT2D eigenvalue weighted by Crippen LogP contribution is 2.42. The summed E-state index contributed by atoms with van der Waals surface area (Å²) in [6.07, 6.45) is 2.23. The molecular weight excluding hydrogens is 408 g/mol. The molecule has 0 radical (unpaired) electrons. The van der Waals surface area contributed by atoms with Crippen molar-refractivity contribution < 1.29 is 14.3 Å². The average molecular weight is 431 g/mol. The minimum absolute atomic E-state index is 0.135. The molecule has 29 heavy (non-hydrogen) atoms. The van der Waals surface area contributed by atoms with Crippen LogP contribution in [0.4, 0.5) is 5.69 Å². The van der Waals surface area contributed by atoms with Gasteiger partial charge in [0.15, 0.2) is 11.0 Å². The van der Waals surface area contributed by atoms with Crippen molar-refractivity contribution in [3.05, 3.63) is 35.7 Å². The molecule has 1 amide bonds. The second-order valence-electron chi connectivity index (χ2n) is 6.70. The van der Waals surface area contributed by atoms with Crippen molar-refractivity contribution in [2.24, 2.45) is 0 Å². The van der Waals surface area contributed by atoms with Gasteiger partial charge in [0.25, 0.3) is 0 Å². The summed E-state index contributed by atoms with van der Waals surface area (Å²) in [5.41, 5.74) is 0.576. The SMILES string of the molecule is COc1ccc(OC)c(NC(=O)C(C)Sc2nnc(-c3cccs3)n2C2CC2)c1. The van der Waals surface area contributed by atoms with E-state index in [-0.39, 0.29) is 11.2 Å². The van der Waals surface area contributed by atoms with Crippen LogP contribution in [0.3, 0.4) is 0 Å². The van der Waals surface area contributed by atoms with E-state index < -0.39 is 0 Å². The van der Waals surface area contributed by atoms with E-state index in [1.54, 1.807) is 43.8 Å². The number of aromatic nitrogens is 3. The van der Waals surface area contributed by atoms with Crippen LogP contribution >= 0.6 is 23.1 Å². The highest BCUT2D eigenvalue weighted by Gasteiger charge is 2.32. The van der Waals surface area contributed by atoms with Crippen LogP contribution in [0, 0.1) is 0 Å². The van der Waals surface area contributed by atoms with E-state index in [4.69, 9.17) is 9.47 Å². The van der Waals surface area contributed by atoms with E-state index in [1.807, 2.05) is 24.4 Å². The van der Waals surface area contributed by atoms with Gasteiger partial charge < -0.3 is 14.8 Å². The Morgan fingerprint density at radius 3 is 2.76 bits per heavy atom. The first kappa shape index (κ1) is 19.8. The lowest BCUT2D eigenvalue weighted by Gasteiger charge is -2.15. The van der Waals surface area contributed by atoms with Crippen molar-refractivity contribution in [1.29, 1.82) is 0 Å². The molecule has 9 heteroatoms. The van der Waals surface area contributed by atoms with Gasteiger partial charge in [-0.2, -0.15) is 0 Å². The first-order valence-electron chi connectivity index (χ1n) is 9.29. The number of hydrogen-bond donors (Lipinski definition) is 1. The predicted molar refractivity (Wildman–Crippen MR) is 115 cm³/mol. The number of anilines is 1. The third-order valence-electron chi connectivity index (χ3n) is 4.63. The summed E-state index contributed by atoms with van der Waals surface area (Å²) in [4.78, 5) is 13.9. The van der Waals surface area contributed by atoms with Crippen molar-refractivity contribution in [2.45, 2.75) is 36.2 Å². The molecular formula is C20H22N4O3S2. The molecule has 1 unspecified atom stereocenters. The van der Waals surface area contributed by atoms with Crippen LogP contribution in [0.25, 0.3) is 10.7 Å². The maximum atomic E-state index is 12.8. The molecule has 7 nitrogen and oxygen atoms in total. The van der Waals surface area contributed by atoms with Crippen LogP contribution in [0.1, 0.15) is 25.8 Å². The van der Waals surface area contributed by atoms with Crippen LogP contribution in [0.5, 0.6) is 11.5 Å². The summed E-state index contributed by atoms with van der Waals surface area (Å²) in [6.45, 7) is 1.86. The summed E-state index contributed by atoms with van der Waals surface area (Å²) in [7, 11) is 3.15. The van der Waals surface area contributed by atoms with Gasteiger partial charge in [-0.05, 0) is 43.3 Å². The normalized spacial score (nSPS) is 14.4. The first-order chi connectivity index (χ1) is 14.1. The lowest BCUT2D eigenvalue weighted by atomic mass is 10.2. The molecule has 1 fully saturated rings. The third kappa shape index (κ3) is 4.25. The van der Waals surface area contributed by atoms with Crippen molar-refractivity contribution in [2.75, 3.05) is 19.5 Å². The van der Waals surface area contributed by atoms with Gasteiger partial charge in [0.1, 0.15) is 11.5 Å². The highest BCUT2D eigenvalue weighted by atomic mass is 32.2. The lowest BCUT2D eigenvalue weighted by Crippen LogP contribution is -2.23. The van der Waals surface area contributed by atoms with Crippen LogP contribution in [-0.4, -0.2) is 40.1 Å². The molecule has 0 bridgehead atoms. The van der Waals surface area contributed by atoms with Gasteiger partial charge >= 0.3 is 0 Å². The van der Waals surface area contributed by atoms with E-state index in [0.29, 0.717) is 23.2 Å². The van der Waals surface area contributed by atoms with Gasteiger partial charge in [-0.3, -0.25) is 9.36 Å². The maximum Gasteiger partial charge on any atom is 0.237 e. The molecule has 1 aromatic carbocycles. The van der Waals surface area contributed by atoms with Crippen molar-refractivity contribution >= 4 is 34.7 Å². The van der Waals surface area contributed by atoms with E-state index in [0.717, 1.165) is 28.7 Å². The zero-order valence-electron chi connectivity index (χ0n) is 16.4. The monoisotopic (exact) mass is 430 g/mol. The Hall–Kier alpha value is -2.52. The van der Waals surface area contributed by atoms with Gasteiger partial charge in [-0.15, -0.1) is 21.5 Å². The number of hydrogen-bond acceptors (Lipinski definition) is 7. The fraction of sp³-hybridized carbons (Fsp3) is 0.350. The summed E-state index contributed by atoms with van der Waals surface area (Å²) >= 11 is 3.06. The Morgan fingerprint density at radius 2 is 2.10 bits per heavy atom. The molecule has 1 aliphatic carbocycles. The number of thioether (sulfide) groups is 1. The number of carbonyl (C=O) groups excluding carboxylic acids is 1. The molecule has 1 aliphatic rings. The topological polar surface area (TPSA) is 78.3 Å². The number of carbonyl (C=O) groups is 1. The molecule has 1 saturated carbocycles. The van der Waals surface area contributed by atoms with E-state index in [1.165, 1.54) is 11.8 Å². The minimum atomic E-state index is -0.358. The van der Waals surface area contributed by atoms with Gasteiger partial charge in [0.05, 0.1) is 30.0 Å². The molecule has 0 aliphatic heterocycles. The van der Waals surface area contributed by atoms with Crippen LogP contribution < -0.4 is 14.8 Å². The number of ether oxygens (including phenoxy) is 2. The lowest BCUT2D eigenvalue weighted by molar-refractivity contribution is -0.115. The number of nitrogens with one attached hydrogen (secondary N) is 1. The number of methoxy groups -OCH3 is 2. The summed E-state index contributed by atoms with van der Waals surface area (Å²) in [5.74, 6) is 1.98. The predicted octanol–water partition coefficient (Wildman–Crippen LogP) is 4.48. The smallest absolute Gasteiger partial charge is 0.237 e. The number of amides is 1. The van der Waals surface area contributed by atoms with Crippen LogP contribution in [0.15, 0.2) is 40.9 Å². The highest BCUT2D eigenvalue weighted by molar-refractivity contribution is 8.00. The molecule has 1 N–H and O–H groups in total. The molecule has 4 rings (SSSR count). The summed E-state index contributed by atoms with van der Waals surface area (Å²) < 4.78 is 12.8. The fourth-order valence-electron chi connectivity index (χ4n) is 2.95. The van der Waals surface area contributed by atoms with Gasteiger partial charge in [-0.1, -0.05) is 17.8 Å². The molecule has 1 atom stereocenters. The quantitative estimate of drug-likeness (QED) is 0.531. The Balaban J connectivity index is 1.51. The molecule has 152 valence electrons. The molecule has 2 heterocycles. The number of benzene rings is 1. The van der Waals surface area contributed by atoms with Crippen molar-refractivity contribution in [3.8, 4) is 22.2 Å². The largest absolute Gasteiger partial charge is 0.497 e. The average Bonchev–Trinajstić information content (AvgIpc) is 3.25. The number of thiophene rings is 1. The zero-order valence-corrected chi connectivity index (χ0v) is 18.0. The molecule has 2 aromatic heterocycles. The Morgan fingerprint density at radius 1 is 1.28 bits per heavy atom. The van der Waals surface area contributed by atoms with E-state index >= 15 is 0 Å².